The number of benzene rings is 3. The second-order valence-electron chi connectivity index (χ2n) is 7.64. The van der Waals surface area contributed by atoms with E-state index in [0.717, 1.165) is 30.9 Å². The van der Waals surface area contributed by atoms with Crippen molar-refractivity contribution in [3.63, 3.8) is 0 Å². The molecule has 3 aromatic carbocycles. The van der Waals surface area contributed by atoms with E-state index in [-0.39, 0.29) is 18.3 Å². The zero-order valence-corrected chi connectivity index (χ0v) is 19.3. The number of aromatic nitrogens is 2. The molecule has 166 valence electrons. The Labute approximate surface area is 196 Å². The summed E-state index contributed by atoms with van der Waals surface area (Å²) in [6, 6.07) is 27.2. The maximum absolute atomic E-state index is 5.48. The summed E-state index contributed by atoms with van der Waals surface area (Å²) in [5.74, 6) is 1.98. The lowest BCUT2D eigenvalue weighted by atomic mass is 9.87. The van der Waals surface area contributed by atoms with E-state index in [4.69, 9.17) is 9.47 Å². The molecule has 4 rings (SSSR count). The third kappa shape index (κ3) is 5.71. The number of hydrogen-bond donors (Lipinski definition) is 0. The number of halogens is 1. The molecule has 32 heavy (non-hydrogen) atoms. The van der Waals surface area contributed by atoms with Gasteiger partial charge in [0.25, 0.3) is 0 Å². The second kappa shape index (κ2) is 11.4. The quantitative estimate of drug-likeness (QED) is 0.309. The fourth-order valence-electron chi connectivity index (χ4n) is 4.01. The summed E-state index contributed by atoms with van der Waals surface area (Å²) in [6.07, 6.45) is 5.79. The van der Waals surface area contributed by atoms with Gasteiger partial charge in [0.15, 0.2) is 0 Å². The molecule has 0 aliphatic rings. The standard InChI is InChI=1S/C27H28N2O2.ClH/c1-30-25-12-6-10-22(16-25)27(23-11-7-13-26(17-23)31-2)15-14-24-18-28-20-29(24)19-21-8-4-3-5-9-21;/h3-13,16-18,20,27H,14-15,19H2,1-2H3;1H. The van der Waals surface area contributed by atoms with Gasteiger partial charge in [0, 0.05) is 24.4 Å². The number of rotatable bonds is 9. The molecule has 0 aliphatic heterocycles. The van der Waals surface area contributed by atoms with Crippen molar-refractivity contribution >= 4 is 12.4 Å². The van der Waals surface area contributed by atoms with E-state index in [1.807, 2.05) is 30.7 Å². The van der Waals surface area contributed by atoms with E-state index in [0.29, 0.717) is 0 Å². The Kier molecular flexibility index (Phi) is 8.34. The molecule has 5 heteroatoms. The van der Waals surface area contributed by atoms with Crippen LogP contribution in [0.1, 0.15) is 34.7 Å². The summed E-state index contributed by atoms with van der Waals surface area (Å²) < 4.78 is 13.2. The van der Waals surface area contributed by atoms with E-state index in [2.05, 4.69) is 70.2 Å². The minimum atomic E-state index is 0. The van der Waals surface area contributed by atoms with Gasteiger partial charge >= 0.3 is 0 Å². The molecule has 0 radical (unpaired) electrons. The molecule has 4 aromatic rings. The van der Waals surface area contributed by atoms with E-state index < -0.39 is 0 Å². The summed E-state index contributed by atoms with van der Waals surface area (Å²) in [6.45, 7) is 0.832. The molecule has 1 heterocycles. The first-order valence-electron chi connectivity index (χ1n) is 10.6. The first kappa shape index (κ1) is 23.4. The molecule has 0 spiro atoms. The van der Waals surface area contributed by atoms with Gasteiger partial charge < -0.3 is 14.0 Å². The summed E-state index contributed by atoms with van der Waals surface area (Å²) in [4.78, 5) is 4.42. The van der Waals surface area contributed by atoms with Gasteiger partial charge in [0.05, 0.1) is 20.5 Å². The molecule has 0 aliphatic carbocycles. The number of nitrogens with zero attached hydrogens (tertiary/aromatic N) is 2. The average Bonchev–Trinajstić information content (AvgIpc) is 3.27. The van der Waals surface area contributed by atoms with Gasteiger partial charge in [-0.3, -0.25) is 0 Å². The Morgan fingerprint density at radius 3 is 2.03 bits per heavy atom. The summed E-state index contributed by atoms with van der Waals surface area (Å²) >= 11 is 0. The Morgan fingerprint density at radius 2 is 1.44 bits per heavy atom. The monoisotopic (exact) mass is 448 g/mol. The molecule has 0 fully saturated rings. The van der Waals surface area contributed by atoms with Gasteiger partial charge in [-0.25, -0.2) is 4.98 Å². The van der Waals surface area contributed by atoms with Crippen molar-refractivity contribution in [3.8, 4) is 11.5 Å². The van der Waals surface area contributed by atoms with Crippen molar-refractivity contribution in [2.75, 3.05) is 14.2 Å². The minimum absolute atomic E-state index is 0. The van der Waals surface area contributed by atoms with Crippen molar-refractivity contribution < 1.29 is 9.47 Å². The number of imidazole rings is 1. The van der Waals surface area contributed by atoms with Crippen LogP contribution in [0.25, 0.3) is 0 Å². The highest BCUT2D eigenvalue weighted by Gasteiger charge is 2.17. The van der Waals surface area contributed by atoms with E-state index in [1.165, 1.54) is 22.4 Å². The molecule has 0 atom stereocenters. The molecular weight excluding hydrogens is 420 g/mol. The maximum Gasteiger partial charge on any atom is 0.119 e. The highest BCUT2D eigenvalue weighted by atomic mass is 35.5. The van der Waals surface area contributed by atoms with Crippen LogP contribution in [0.4, 0.5) is 0 Å². The van der Waals surface area contributed by atoms with Crippen LogP contribution in [0.3, 0.4) is 0 Å². The Bertz CT molecular complexity index is 1060. The van der Waals surface area contributed by atoms with Crippen molar-refractivity contribution in [2.24, 2.45) is 0 Å². The third-order valence-electron chi connectivity index (χ3n) is 5.68. The van der Waals surface area contributed by atoms with Crippen LogP contribution in [0.15, 0.2) is 91.4 Å². The molecule has 0 N–H and O–H groups in total. The van der Waals surface area contributed by atoms with Crippen LogP contribution in [0.5, 0.6) is 11.5 Å². The van der Waals surface area contributed by atoms with E-state index in [1.54, 1.807) is 14.2 Å². The lowest BCUT2D eigenvalue weighted by Gasteiger charge is -2.20. The first-order chi connectivity index (χ1) is 15.3. The zero-order valence-electron chi connectivity index (χ0n) is 18.5. The fourth-order valence-corrected chi connectivity index (χ4v) is 4.01. The van der Waals surface area contributed by atoms with Gasteiger partial charge in [-0.1, -0.05) is 54.6 Å². The number of hydrogen-bond acceptors (Lipinski definition) is 3. The highest BCUT2D eigenvalue weighted by molar-refractivity contribution is 5.85. The third-order valence-corrected chi connectivity index (χ3v) is 5.68. The van der Waals surface area contributed by atoms with Crippen LogP contribution in [0.2, 0.25) is 0 Å². The van der Waals surface area contributed by atoms with E-state index >= 15 is 0 Å². The van der Waals surface area contributed by atoms with Gasteiger partial charge in [-0.15, -0.1) is 12.4 Å². The Balaban J connectivity index is 0.00000289. The fraction of sp³-hybridized carbons (Fsp3) is 0.222. The first-order valence-corrected chi connectivity index (χ1v) is 10.6. The van der Waals surface area contributed by atoms with Gasteiger partial charge in [0.1, 0.15) is 11.5 Å². The normalized spacial score (nSPS) is 10.6. The Hall–Kier alpha value is -3.24. The zero-order chi connectivity index (χ0) is 21.5. The SMILES string of the molecule is COc1cccc(C(CCc2cncn2Cc2ccccc2)c2cccc(OC)c2)c1.Cl. The summed E-state index contributed by atoms with van der Waals surface area (Å²) in [5, 5.41) is 0. The van der Waals surface area contributed by atoms with Crippen LogP contribution in [-0.4, -0.2) is 23.8 Å². The van der Waals surface area contributed by atoms with Crippen LogP contribution >= 0.6 is 12.4 Å². The maximum atomic E-state index is 5.48. The lowest BCUT2D eigenvalue weighted by Crippen LogP contribution is -2.08. The van der Waals surface area contributed by atoms with Gasteiger partial charge in [-0.2, -0.15) is 0 Å². The van der Waals surface area contributed by atoms with Crippen LogP contribution < -0.4 is 9.47 Å². The molecule has 4 nitrogen and oxygen atoms in total. The molecule has 0 amide bonds. The van der Waals surface area contributed by atoms with Gasteiger partial charge in [0.2, 0.25) is 0 Å². The minimum Gasteiger partial charge on any atom is -0.497 e. The molecule has 1 aromatic heterocycles. The van der Waals surface area contributed by atoms with Crippen molar-refractivity contribution in [1.82, 2.24) is 9.55 Å². The van der Waals surface area contributed by atoms with Crippen LogP contribution in [0, 0.1) is 0 Å². The van der Waals surface area contributed by atoms with Crippen LogP contribution in [-0.2, 0) is 13.0 Å². The predicted octanol–water partition coefficient (Wildman–Crippen LogP) is 6.14. The smallest absolute Gasteiger partial charge is 0.119 e. The van der Waals surface area contributed by atoms with E-state index in [9.17, 15) is 0 Å². The van der Waals surface area contributed by atoms with Crippen molar-refractivity contribution in [2.45, 2.75) is 25.3 Å². The summed E-state index contributed by atoms with van der Waals surface area (Å²) in [5.41, 5.74) is 4.99. The summed E-state index contributed by atoms with van der Waals surface area (Å²) in [7, 11) is 3.42. The average molecular weight is 449 g/mol. The molecule has 0 unspecified atom stereocenters. The molecular formula is C27H29ClN2O2. The number of aryl methyl sites for hydroxylation is 1. The number of ether oxygens (including phenoxy) is 2. The highest BCUT2D eigenvalue weighted by Crippen LogP contribution is 2.33. The molecule has 0 saturated heterocycles. The van der Waals surface area contributed by atoms with Gasteiger partial charge in [-0.05, 0) is 53.8 Å². The Morgan fingerprint density at radius 1 is 0.812 bits per heavy atom. The number of methoxy groups -OCH3 is 2. The van der Waals surface area contributed by atoms with Crippen molar-refractivity contribution in [1.29, 1.82) is 0 Å². The largest absolute Gasteiger partial charge is 0.497 e. The molecule has 0 saturated carbocycles. The van der Waals surface area contributed by atoms with Crippen molar-refractivity contribution in [3.05, 3.63) is 114 Å². The molecule has 0 bridgehead atoms. The topological polar surface area (TPSA) is 36.3 Å². The lowest BCUT2D eigenvalue weighted by molar-refractivity contribution is 0.413. The second-order valence-corrected chi connectivity index (χ2v) is 7.64. The predicted molar refractivity (Wildman–Crippen MR) is 131 cm³/mol.